The number of fused-ring (bicyclic) bond motifs is 1. The van der Waals surface area contributed by atoms with Gasteiger partial charge in [0.25, 0.3) is 10.0 Å². The van der Waals surface area contributed by atoms with E-state index in [2.05, 4.69) is 4.74 Å². The molecule has 0 aliphatic carbocycles. The number of alkyl halides is 6. The average molecular weight is 617 g/mol. The molecule has 1 amide bonds. The zero-order valence-electron chi connectivity index (χ0n) is 21.4. The van der Waals surface area contributed by atoms with E-state index in [0.717, 1.165) is 18.2 Å². The summed E-state index contributed by atoms with van der Waals surface area (Å²) in [5.74, 6) is -3.97. The van der Waals surface area contributed by atoms with Crippen LogP contribution in [0.2, 0.25) is 0 Å². The van der Waals surface area contributed by atoms with Crippen molar-refractivity contribution in [1.82, 2.24) is 0 Å². The van der Waals surface area contributed by atoms with Crippen LogP contribution in [0.25, 0.3) is 0 Å². The minimum atomic E-state index is -5.24. The summed E-state index contributed by atoms with van der Waals surface area (Å²) in [5.41, 5.74) is -5.37. The van der Waals surface area contributed by atoms with Crippen LogP contribution in [-0.4, -0.2) is 50.0 Å². The van der Waals surface area contributed by atoms with Crippen LogP contribution in [0.5, 0.6) is 5.75 Å². The Morgan fingerprint density at radius 2 is 1.76 bits per heavy atom. The summed E-state index contributed by atoms with van der Waals surface area (Å²) in [6.45, 7) is 2.01. The van der Waals surface area contributed by atoms with E-state index < -0.39 is 81.3 Å². The molecular formula is C24H23F7N2O7S. The van der Waals surface area contributed by atoms with Gasteiger partial charge in [0.1, 0.15) is 17.7 Å². The van der Waals surface area contributed by atoms with Gasteiger partial charge in [-0.05, 0) is 50.2 Å². The number of nitrogens with zero attached hydrogens (tertiary/aromatic N) is 1. The second-order valence-corrected chi connectivity index (χ2v) is 11.5. The molecule has 0 radical (unpaired) electrons. The normalized spacial score (nSPS) is 16.8. The lowest BCUT2D eigenvalue weighted by Gasteiger charge is -2.38. The number of carboxylic acid groups (broad SMARTS) is 1. The summed E-state index contributed by atoms with van der Waals surface area (Å²) >= 11 is 0. The first-order chi connectivity index (χ1) is 18.6. The molecule has 1 aliphatic rings. The van der Waals surface area contributed by atoms with E-state index in [4.69, 9.17) is 9.84 Å². The van der Waals surface area contributed by atoms with Gasteiger partial charge in [-0.3, -0.25) is 14.4 Å². The van der Waals surface area contributed by atoms with Gasteiger partial charge < -0.3 is 14.6 Å². The van der Waals surface area contributed by atoms with Crippen molar-refractivity contribution in [2.75, 3.05) is 16.2 Å². The van der Waals surface area contributed by atoms with Gasteiger partial charge in [-0.1, -0.05) is 6.92 Å². The molecule has 0 spiro atoms. The van der Waals surface area contributed by atoms with Crippen LogP contribution in [0.3, 0.4) is 0 Å². The standard InChI is InChI=1S/C24H23F7N2O7S/c1-12(8-20(34)35)19-11-33(41(37,38)14-5-6-16(25)15(10-14)23(26,27)28)17-9-13(4-7-18(17)39-19)32-21(36)40-22(2,3)24(29,30)31/h4-7,9-10,12,19H,8,11H2,1-3H3,(H,32,36)(H,34,35). The van der Waals surface area contributed by atoms with Crippen molar-refractivity contribution in [2.24, 2.45) is 5.92 Å². The number of hydrogen-bond donors (Lipinski definition) is 2. The van der Waals surface area contributed by atoms with E-state index in [9.17, 15) is 48.7 Å². The van der Waals surface area contributed by atoms with Gasteiger partial charge >= 0.3 is 24.4 Å². The van der Waals surface area contributed by atoms with Gasteiger partial charge in [0, 0.05) is 11.6 Å². The first-order valence-corrected chi connectivity index (χ1v) is 13.1. The van der Waals surface area contributed by atoms with E-state index in [0.29, 0.717) is 30.3 Å². The fraction of sp³-hybridized carbons (Fsp3) is 0.417. The van der Waals surface area contributed by atoms with Crippen molar-refractivity contribution in [2.45, 2.75) is 56.1 Å². The number of hydrogen-bond acceptors (Lipinski definition) is 6. The molecule has 9 nitrogen and oxygen atoms in total. The van der Waals surface area contributed by atoms with Crippen molar-refractivity contribution in [3.8, 4) is 5.75 Å². The lowest BCUT2D eigenvalue weighted by molar-refractivity contribution is -0.242. The summed E-state index contributed by atoms with van der Waals surface area (Å²) in [6.07, 6.45) is -13.3. The van der Waals surface area contributed by atoms with Crippen molar-refractivity contribution < 1.29 is 63.3 Å². The van der Waals surface area contributed by atoms with Crippen molar-refractivity contribution in [3.63, 3.8) is 0 Å². The summed E-state index contributed by atoms with van der Waals surface area (Å²) in [7, 11) is -4.92. The number of aliphatic carboxylic acids is 1. The largest absolute Gasteiger partial charge is 0.486 e. The predicted molar refractivity (Wildman–Crippen MR) is 128 cm³/mol. The zero-order valence-corrected chi connectivity index (χ0v) is 22.2. The highest BCUT2D eigenvalue weighted by Crippen LogP contribution is 2.42. The molecule has 2 atom stereocenters. The molecule has 3 rings (SSSR count). The SMILES string of the molecule is CC(CC(=O)O)C1CN(S(=O)(=O)c2ccc(F)c(C(F)(F)F)c2)c2cc(NC(=O)OC(C)(C)C(F)(F)F)ccc2O1. The predicted octanol–water partition coefficient (Wildman–Crippen LogP) is 5.80. The highest BCUT2D eigenvalue weighted by molar-refractivity contribution is 7.92. The van der Waals surface area contributed by atoms with Crippen LogP contribution in [0.1, 0.15) is 32.8 Å². The minimum Gasteiger partial charge on any atom is -0.486 e. The molecule has 226 valence electrons. The van der Waals surface area contributed by atoms with Gasteiger partial charge in [-0.25, -0.2) is 17.6 Å². The van der Waals surface area contributed by atoms with Crippen molar-refractivity contribution >= 4 is 33.5 Å². The zero-order chi connectivity index (χ0) is 31.1. The minimum absolute atomic E-state index is 0.0914. The molecule has 2 N–H and O–H groups in total. The van der Waals surface area contributed by atoms with Gasteiger partial charge in [-0.15, -0.1) is 0 Å². The van der Waals surface area contributed by atoms with E-state index in [-0.39, 0.29) is 23.2 Å². The third kappa shape index (κ3) is 6.94. The Kier molecular flexibility index (Phi) is 8.45. The maximum atomic E-state index is 13.9. The lowest BCUT2D eigenvalue weighted by atomic mass is 9.99. The third-order valence-electron chi connectivity index (χ3n) is 6.09. The maximum Gasteiger partial charge on any atom is 0.427 e. The molecule has 2 aromatic carbocycles. The van der Waals surface area contributed by atoms with Crippen LogP contribution < -0.4 is 14.4 Å². The summed E-state index contributed by atoms with van der Waals surface area (Å²) in [5, 5.41) is 11.2. The molecule has 0 saturated heterocycles. The monoisotopic (exact) mass is 616 g/mol. The van der Waals surface area contributed by atoms with E-state index >= 15 is 0 Å². The smallest absolute Gasteiger partial charge is 0.427 e. The fourth-order valence-corrected chi connectivity index (χ4v) is 5.23. The Balaban J connectivity index is 2.06. The Morgan fingerprint density at radius 3 is 2.32 bits per heavy atom. The van der Waals surface area contributed by atoms with E-state index in [1.807, 2.05) is 5.32 Å². The number of carbonyl (C=O) groups excluding carboxylic acids is 1. The van der Waals surface area contributed by atoms with Gasteiger partial charge in [0.15, 0.2) is 0 Å². The van der Waals surface area contributed by atoms with E-state index in [1.165, 1.54) is 6.92 Å². The van der Waals surface area contributed by atoms with Crippen molar-refractivity contribution in [3.05, 3.63) is 47.8 Å². The second-order valence-electron chi connectivity index (χ2n) is 9.61. The topological polar surface area (TPSA) is 122 Å². The van der Waals surface area contributed by atoms with E-state index in [1.54, 1.807) is 0 Å². The Hall–Kier alpha value is -3.76. The Morgan fingerprint density at radius 1 is 1.12 bits per heavy atom. The van der Waals surface area contributed by atoms with Crippen LogP contribution in [0, 0.1) is 11.7 Å². The number of benzene rings is 2. The summed E-state index contributed by atoms with van der Waals surface area (Å²) in [6, 6.07) is 4.21. The number of rotatable bonds is 7. The highest BCUT2D eigenvalue weighted by atomic mass is 32.2. The molecule has 2 unspecified atom stereocenters. The number of amides is 1. The number of nitrogens with one attached hydrogen (secondary N) is 1. The number of carbonyl (C=O) groups is 2. The number of ether oxygens (including phenoxy) is 2. The fourth-order valence-electron chi connectivity index (χ4n) is 3.72. The van der Waals surface area contributed by atoms with Crippen LogP contribution in [0.4, 0.5) is 46.9 Å². The lowest BCUT2D eigenvalue weighted by Crippen LogP contribution is -2.46. The van der Waals surface area contributed by atoms with Crippen LogP contribution in [-0.2, 0) is 25.7 Å². The molecule has 0 fully saturated rings. The number of halogens is 7. The summed E-state index contributed by atoms with van der Waals surface area (Å²) < 4.78 is 131. The van der Waals surface area contributed by atoms with Gasteiger partial charge in [0.2, 0.25) is 5.60 Å². The number of sulfonamides is 1. The highest BCUT2D eigenvalue weighted by Gasteiger charge is 2.51. The van der Waals surface area contributed by atoms with Gasteiger partial charge in [0.05, 0.1) is 29.1 Å². The molecule has 1 heterocycles. The molecule has 1 aliphatic heterocycles. The molecule has 0 saturated carbocycles. The molecule has 0 bridgehead atoms. The van der Waals surface area contributed by atoms with Crippen molar-refractivity contribution in [1.29, 1.82) is 0 Å². The second kappa shape index (κ2) is 10.9. The number of anilines is 2. The maximum absolute atomic E-state index is 13.9. The first kappa shape index (κ1) is 31.8. The molecular weight excluding hydrogens is 593 g/mol. The Bertz CT molecular complexity index is 1440. The van der Waals surface area contributed by atoms with Gasteiger partial charge in [-0.2, -0.15) is 26.3 Å². The quantitative estimate of drug-likeness (QED) is 0.377. The average Bonchev–Trinajstić information content (AvgIpc) is 2.81. The third-order valence-corrected chi connectivity index (χ3v) is 7.87. The first-order valence-electron chi connectivity index (χ1n) is 11.6. The number of carboxylic acids is 1. The summed E-state index contributed by atoms with van der Waals surface area (Å²) in [4.78, 5) is 22.4. The molecule has 0 aromatic heterocycles. The van der Waals surface area contributed by atoms with Crippen LogP contribution in [0.15, 0.2) is 41.3 Å². The Labute approximate surface area is 228 Å². The van der Waals surface area contributed by atoms with Crippen LogP contribution >= 0.6 is 0 Å². The molecule has 17 heteroatoms. The molecule has 41 heavy (non-hydrogen) atoms. The molecule has 2 aromatic rings.